The maximum Gasteiger partial charge on any atom is 0.175 e. The van der Waals surface area contributed by atoms with E-state index in [1.165, 1.54) is 15.8 Å². The molecular weight excluding hydrogens is 532 g/mol. The molecule has 0 aliphatic heterocycles. The second kappa shape index (κ2) is 10.7. The number of hydrogen-bond acceptors (Lipinski definition) is 5. The Morgan fingerprint density at radius 1 is 0.861 bits per heavy atom. The summed E-state index contributed by atoms with van der Waals surface area (Å²) in [5, 5.41) is 4.54. The van der Waals surface area contributed by atoms with Gasteiger partial charge in [-0.1, -0.05) is 35.9 Å². The van der Waals surface area contributed by atoms with Crippen LogP contribution in [0.25, 0.3) is 20.8 Å². The van der Waals surface area contributed by atoms with Crippen LogP contribution in [-0.2, 0) is 13.2 Å². The molecule has 0 fully saturated rings. The van der Waals surface area contributed by atoms with Gasteiger partial charge >= 0.3 is 0 Å². The first-order chi connectivity index (χ1) is 17.5. The summed E-state index contributed by atoms with van der Waals surface area (Å²) in [6.07, 6.45) is 0. The number of aromatic nitrogens is 1. The second-order valence-corrected chi connectivity index (χ2v) is 10.7. The molecule has 0 radical (unpaired) electrons. The van der Waals surface area contributed by atoms with Gasteiger partial charge in [-0.05, 0) is 95.0 Å². The van der Waals surface area contributed by atoms with Gasteiger partial charge in [-0.25, -0.2) is 4.98 Å². The van der Waals surface area contributed by atoms with Crippen molar-refractivity contribution in [2.75, 3.05) is 12.4 Å². The van der Waals surface area contributed by atoms with E-state index in [0.29, 0.717) is 24.7 Å². The number of nitrogens with one attached hydrogen (secondary N) is 1. The van der Waals surface area contributed by atoms with E-state index in [1.807, 2.05) is 6.07 Å². The number of hydrogen-bond donors (Lipinski definition) is 1. The summed E-state index contributed by atoms with van der Waals surface area (Å²) >= 11 is 5.39. The van der Waals surface area contributed by atoms with E-state index in [-0.39, 0.29) is 0 Å². The van der Waals surface area contributed by atoms with E-state index in [9.17, 15) is 0 Å². The van der Waals surface area contributed by atoms with Crippen molar-refractivity contribution in [3.8, 4) is 22.1 Å². The van der Waals surface area contributed by atoms with Crippen molar-refractivity contribution in [1.82, 2.24) is 4.98 Å². The molecule has 0 atom stereocenters. The Balaban J connectivity index is 1.25. The fraction of sp³-hybridized carbons (Fsp3) is 0.167. The van der Waals surface area contributed by atoms with Crippen LogP contribution in [-0.4, -0.2) is 12.1 Å². The standard InChI is InChI=1S/C30H27BrN2O2S/c1-19-4-7-21(8-5-19)18-35-29-25(31)15-22(16-27(29)34-3)17-32-24-11-9-23(10-12-24)30-33-26-13-6-20(2)14-28(26)36-30/h4-16,32H,17-18H2,1-3H3. The molecule has 0 unspecified atom stereocenters. The maximum atomic E-state index is 6.09. The fourth-order valence-electron chi connectivity index (χ4n) is 3.95. The number of fused-ring (bicyclic) bond motifs is 1. The van der Waals surface area contributed by atoms with Crippen molar-refractivity contribution in [3.05, 3.63) is 106 Å². The predicted octanol–water partition coefficient (Wildman–Crippen LogP) is 8.54. The molecule has 1 aromatic heterocycles. The summed E-state index contributed by atoms with van der Waals surface area (Å²) in [6.45, 7) is 5.33. The Labute approximate surface area is 224 Å². The topological polar surface area (TPSA) is 43.4 Å². The average molecular weight is 560 g/mol. The molecule has 0 saturated heterocycles. The Bertz CT molecular complexity index is 1490. The number of methoxy groups -OCH3 is 1. The van der Waals surface area contributed by atoms with Gasteiger partial charge in [-0.15, -0.1) is 11.3 Å². The summed E-state index contributed by atoms with van der Waals surface area (Å²) in [7, 11) is 1.67. The van der Waals surface area contributed by atoms with Crippen LogP contribution in [0.2, 0.25) is 0 Å². The molecule has 4 nitrogen and oxygen atoms in total. The normalized spacial score (nSPS) is 11.0. The lowest BCUT2D eigenvalue weighted by Gasteiger charge is -2.15. The first kappa shape index (κ1) is 24.3. The Kier molecular flexibility index (Phi) is 7.25. The molecule has 36 heavy (non-hydrogen) atoms. The van der Waals surface area contributed by atoms with Crippen LogP contribution in [0.5, 0.6) is 11.5 Å². The van der Waals surface area contributed by atoms with Crippen molar-refractivity contribution in [1.29, 1.82) is 0 Å². The van der Waals surface area contributed by atoms with Gasteiger partial charge in [0, 0.05) is 17.8 Å². The molecule has 4 aromatic carbocycles. The molecule has 182 valence electrons. The molecule has 5 aromatic rings. The number of aryl methyl sites for hydroxylation is 2. The van der Waals surface area contributed by atoms with Crippen molar-refractivity contribution in [3.63, 3.8) is 0 Å². The van der Waals surface area contributed by atoms with Crippen molar-refractivity contribution in [2.45, 2.75) is 27.0 Å². The summed E-state index contributed by atoms with van der Waals surface area (Å²) in [5.41, 5.74) is 7.91. The number of thiazole rings is 1. The number of anilines is 1. The summed E-state index contributed by atoms with van der Waals surface area (Å²) < 4.78 is 13.8. The van der Waals surface area contributed by atoms with Crippen LogP contribution in [0.15, 0.2) is 83.3 Å². The number of rotatable bonds is 8. The highest BCUT2D eigenvalue weighted by Crippen LogP contribution is 2.37. The number of ether oxygens (including phenoxy) is 2. The zero-order valence-electron chi connectivity index (χ0n) is 20.5. The first-order valence-electron chi connectivity index (χ1n) is 11.7. The highest BCUT2D eigenvalue weighted by molar-refractivity contribution is 9.10. The predicted molar refractivity (Wildman–Crippen MR) is 153 cm³/mol. The minimum Gasteiger partial charge on any atom is -0.493 e. The SMILES string of the molecule is COc1cc(CNc2ccc(-c3nc4ccc(C)cc4s3)cc2)cc(Br)c1OCc1ccc(C)cc1. The number of nitrogens with zero attached hydrogens (tertiary/aromatic N) is 1. The van der Waals surface area contributed by atoms with E-state index in [0.717, 1.165) is 37.4 Å². The lowest BCUT2D eigenvalue weighted by atomic mass is 10.1. The van der Waals surface area contributed by atoms with E-state index in [1.54, 1.807) is 18.4 Å². The van der Waals surface area contributed by atoms with Crippen LogP contribution >= 0.6 is 27.3 Å². The maximum absolute atomic E-state index is 6.09. The van der Waals surface area contributed by atoms with Crippen molar-refractivity contribution >= 4 is 43.2 Å². The third kappa shape index (κ3) is 5.55. The lowest BCUT2D eigenvalue weighted by Crippen LogP contribution is -2.03. The molecule has 6 heteroatoms. The van der Waals surface area contributed by atoms with E-state index in [4.69, 9.17) is 14.5 Å². The van der Waals surface area contributed by atoms with Crippen molar-refractivity contribution in [2.24, 2.45) is 0 Å². The van der Waals surface area contributed by atoms with Crippen LogP contribution in [0.1, 0.15) is 22.3 Å². The van der Waals surface area contributed by atoms with Crippen LogP contribution in [0.3, 0.4) is 0 Å². The van der Waals surface area contributed by atoms with Gasteiger partial charge in [-0.3, -0.25) is 0 Å². The largest absolute Gasteiger partial charge is 0.493 e. The van der Waals surface area contributed by atoms with Crippen LogP contribution in [0, 0.1) is 13.8 Å². The minimum absolute atomic E-state index is 0.480. The van der Waals surface area contributed by atoms with Gasteiger partial charge in [0.05, 0.1) is 21.8 Å². The summed E-state index contributed by atoms with van der Waals surface area (Å²) in [6, 6.07) is 27.2. The Morgan fingerprint density at radius 3 is 2.36 bits per heavy atom. The smallest absolute Gasteiger partial charge is 0.175 e. The molecule has 0 bridgehead atoms. The highest BCUT2D eigenvalue weighted by atomic mass is 79.9. The van der Waals surface area contributed by atoms with Gasteiger partial charge in [-0.2, -0.15) is 0 Å². The Morgan fingerprint density at radius 2 is 1.61 bits per heavy atom. The van der Waals surface area contributed by atoms with E-state index < -0.39 is 0 Å². The summed E-state index contributed by atoms with van der Waals surface area (Å²) in [4.78, 5) is 4.79. The van der Waals surface area contributed by atoms with E-state index >= 15 is 0 Å². The van der Waals surface area contributed by atoms with Crippen LogP contribution < -0.4 is 14.8 Å². The van der Waals surface area contributed by atoms with Crippen LogP contribution in [0.4, 0.5) is 5.69 Å². The third-order valence-electron chi connectivity index (χ3n) is 5.97. The first-order valence-corrected chi connectivity index (χ1v) is 13.4. The van der Waals surface area contributed by atoms with Crippen molar-refractivity contribution < 1.29 is 9.47 Å². The van der Waals surface area contributed by atoms with Gasteiger partial charge in [0.1, 0.15) is 11.6 Å². The molecule has 5 rings (SSSR count). The fourth-order valence-corrected chi connectivity index (χ4v) is 5.62. The van der Waals surface area contributed by atoms with Gasteiger partial charge in [0.15, 0.2) is 11.5 Å². The molecular formula is C30H27BrN2O2S. The van der Waals surface area contributed by atoms with Gasteiger partial charge < -0.3 is 14.8 Å². The van der Waals surface area contributed by atoms with Gasteiger partial charge in [0.2, 0.25) is 0 Å². The Hall–Kier alpha value is -3.35. The quantitative estimate of drug-likeness (QED) is 0.207. The third-order valence-corrected chi connectivity index (χ3v) is 7.62. The summed E-state index contributed by atoms with van der Waals surface area (Å²) in [5.74, 6) is 1.41. The molecule has 0 spiro atoms. The number of halogens is 1. The van der Waals surface area contributed by atoms with Gasteiger partial charge in [0.25, 0.3) is 0 Å². The highest BCUT2D eigenvalue weighted by Gasteiger charge is 2.13. The molecule has 1 heterocycles. The molecule has 0 saturated carbocycles. The minimum atomic E-state index is 0.480. The lowest BCUT2D eigenvalue weighted by molar-refractivity contribution is 0.282. The zero-order valence-corrected chi connectivity index (χ0v) is 22.9. The monoisotopic (exact) mass is 558 g/mol. The second-order valence-electron chi connectivity index (χ2n) is 8.80. The molecule has 0 aliphatic carbocycles. The molecule has 1 N–H and O–H groups in total. The zero-order chi connectivity index (χ0) is 25.1. The molecule has 0 amide bonds. The number of benzene rings is 4. The average Bonchev–Trinajstić information content (AvgIpc) is 3.31. The van der Waals surface area contributed by atoms with E-state index in [2.05, 4.69) is 108 Å². The molecule has 0 aliphatic rings.